The Kier molecular flexibility index (Phi) is 4.45. The molecule has 0 spiro atoms. The second-order valence-electron chi connectivity index (χ2n) is 5.64. The minimum Gasteiger partial charge on any atom is -0.474 e. The van der Waals surface area contributed by atoms with Crippen molar-refractivity contribution in [2.75, 3.05) is 17.6 Å². The summed E-state index contributed by atoms with van der Waals surface area (Å²) in [6, 6.07) is 1.82. The van der Waals surface area contributed by atoms with Crippen LogP contribution in [0.2, 0.25) is 0 Å². The van der Waals surface area contributed by atoms with Crippen molar-refractivity contribution in [1.82, 2.24) is 9.97 Å². The summed E-state index contributed by atoms with van der Waals surface area (Å²) >= 11 is 0. The molecule has 1 heterocycles. The second kappa shape index (κ2) is 6.08. The van der Waals surface area contributed by atoms with E-state index in [0.717, 1.165) is 25.2 Å². The summed E-state index contributed by atoms with van der Waals surface area (Å²) in [5.41, 5.74) is 5.71. The minimum absolute atomic E-state index is 0.238. The topological polar surface area (TPSA) is 73.1 Å². The zero-order chi connectivity index (χ0) is 13.8. The van der Waals surface area contributed by atoms with Crippen LogP contribution >= 0.6 is 0 Å². The van der Waals surface area contributed by atoms with Gasteiger partial charge in [-0.2, -0.15) is 9.97 Å². The Labute approximate surface area is 115 Å². The number of nitrogens with zero attached hydrogens (tertiary/aromatic N) is 2. The number of nitrogens with two attached hydrogens (primary N) is 1. The molecule has 2 rings (SSSR count). The Hall–Kier alpha value is -1.52. The monoisotopic (exact) mass is 264 g/mol. The van der Waals surface area contributed by atoms with E-state index in [1.165, 1.54) is 6.42 Å². The number of hydrogen-bond acceptors (Lipinski definition) is 5. The Morgan fingerprint density at radius 3 is 2.58 bits per heavy atom. The molecule has 2 atom stereocenters. The molecular weight excluding hydrogens is 240 g/mol. The van der Waals surface area contributed by atoms with Crippen LogP contribution in [0, 0.1) is 11.8 Å². The van der Waals surface area contributed by atoms with Crippen LogP contribution in [-0.4, -0.2) is 22.6 Å². The maximum atomic E-state index is 5.99. The molecule has 0 aromatic carbocycles. The first-order valence-electron chi connectivity index (χ1n) is 7.12. The molecule has 1 fully saturated rings. The normalized spacial score (nSPS) is 27.0. The van der Waals surface area contributed by atoms with Gasteiger partial charge in [0.05, 0.1) is 0 Å². The lowest BCUT2D eigenvalue weighted by Crippen LogP contribution is -2.28. The first-order chi connectivity index (χ1) is 9.06. The molecule has 0 radical (unpaired) electrons. The summed E-state index contributed by atoms with van der Waals surface area (Å²) < 4.78 is 5.99. The highest BCUT2D eigenvalue weighted by atomic mass is 16.5. The molecule has 0 aliphatic heterocycles. The highest BCUT2D eigenvalue weighted by Crippen LogP contribution is 2.31. The molecule has 1 aromatic heterocycles. The fraction of sp³-hybridized carbons (Fsp3) is 0.714. The van der Waals surface area contributed by atoms with Crippen molar-refractivity contribution in [3.05, 3.63) is 6.07 Å². The molecule has 1 saturated carbocycles. The van der Waals surface area contributed by atoms with Crippen molar-refractivity contribution in [3.8, 4) is 5.88 Å². The van der Waals surface area contributed by atoms with Crippen LogP contribution in [0.25, 0.3) is 0 Å². The summed E-state index contributed by atoms with van der Waals surface area (Å²) in [6.45, 7) is 7.38. The number of aromatic nitrogens is 2. The smallest absolute Gasteiger partial charge is 0.225 e. The SMILES string of the molecule is CCNc1cc(OC2CC(C)CC(C)C2)nc(N)n1. The molecule has 106 valence electrons. The third-order valence-corrected chi connectivity index (χ3v) is 3.50. The number of nitrogen functional groups attached to an aromatic ring is 1. The molecule has 19 heavy (non-hydrogen) atoms. The van der Waals surface area contributed by atoms with E-state index in [9.17, 15) is 0 Å². The lowest BCUT2D eigenvalue weighted by molar-refractivity contribution is 0.0968. The zero-order valence-corrected chi connectivity index (χ0v) is 12.0. The van der Waals surface area contributed by atoms with E-state index >= 15 is 0 Å². The predicted octanol–water partition coefficient (Wildman–Crippen LogP) is 2.69. The van der Waals surface area contributed by atoms with Crippen LogP contribution in [0.4, 0.5) is 11.8 Å². The Bertz CT molecular complexity index is 414. The molecule has 2 unspecified atom stereocenters. The summed E-state index contributed by atoms with van der Waals surface area (Å²) in [4.78, 5) is 8.29. The largest absolute Gasteiger partial charge is 0.474 e. The predicted molar refractivity (Wildman–Crippen MR) is 77.2 cm³/mol. The third kappa shape index (κ3) is 3.98. The zero-order valence-electron chi connectivity index (χ0n) is 12.0. The van der Waals surface area contributed by atoms with Crippen LogP contribution in [-0.2, 0) is 0 Å². The van der Waals surface area contributed by atoms with E-state index in [1.54, 1.807) is 0 Å². The Morgan fingerprint density at radius 1 is 1.26 bits per heavy atom. The van der Waals surface area contributed by atoms with Crippen molar-refractivity contribution in [2.24, 2.45) is 11.8 Å². The standard InChI is InChI=1S/C14H24N4O/c1-4-16-12-8-13(18-14(15)17-12)19-11-6-9(2)5-10(3)7-11/h8-11H,4-7H2,1-3H3,(H3,15,16,17,18). The number of hydrogen-bond donors (Lipinski definition) is 2. The number of rotatable bonds is 4. The van der Waals surface area contributed by atoms with Crippen molar-refractivity contribution in [3.63, 3.8) is 0 Å². The quantitative estimate of drug-likeness (QED) is 0.874. The molecular formula is C14H24N4O. The fourth-order valence-electron chi connectivity index (χ4n) is 2.91. The van der Waals surface area contributed by atoms with Gasteiger partial charge in [0.2, 0.25) is 11.8 Å². The molecule has 1 aliphatic rings. The number of nitrogens with one attached hydrogen (secondary N) is 1. The first-order valence-corrected chi connectivity index (χ1v) is 7.12. The van der Waals surface area contributed by atoms with Crippen molar-refractivity contribution in [1.29, 1.82) is 0 Å². The van der Waals surface area contributed by atoms with Gasteiger partial charge in [-0.25, -0.2) is 0 Å². The van der Waals surface area contributed by atoms with Gasteiger partial charge < -0.3 is 15.8 Å². The molecule has 5 heteroatoms. The summed E-state index contributed by atoms with van der Waals surface area (Å²) in [5, 5.41) is 3.13. The van der Waals surface area contributed by atoms with Crippen LogP contribution in [0.5, 0.6) is 5.88 Å². The number of ether oxygens (including phenoxy) is 1. The van der Waals surface area contributed by atoms with Crippen molar-refractivity contribution in [2.45, 2.75) is 46.1 Å². The van der Waals surface area contributed by atoms with E-state index < -0.39 is 0 Å². The van der Waals surface area contributed by atoms with Gasteiger partial charge in [-0.15, -0.1) is 0 Å². The minimum atomic E-state index is 0.238. The van der Waals surface area contributed by atoms with E-state index in [4.69, 9.17) is 10.5 Å². The van der Waals surface area contributed by atoms with Crippen LogP contribution in [0.15, 0.2) is 6.07 Å². The Morgan fingerprint density at radius 2 is 1.95 bits per heavy atom. The van der Waals surface area contributed by atoms with Gasteiger partial charge in [-0.3, -0.25) is 0 Å². The van der Waals surface area contributed by atoms with Crippen LogP contribution < -0.4 is 15.8 Å². The van der Waals surface area contributed by atoms with Gasteiger partial charge in [0.15, 0.2) is 0 Å². The van der Waals surface area contributed by atoms with E-state index in [0.29, 0.717) is 17.7 Å². The van der Waals surface area contributed by atoms with Gasteiger partial charge in [0.1, 0.15) is 11.9 Å². The Balaban J connectivity index is 2.05. The van der Waals surface area contributed by atoms with Gasteiger partial charge in [0.25, 0.3) is 0 Å². The lowest BCUT2D eigenvalue weighted by atomic mass is 9.82. The number of anilines is 2. The summed E-state index contributed by atoms with van der Waals surface area (Å²) in [5.74, 6) is 2.98. The maximum Gasteiger partial charge on any atom is 0.225 e. The molecule has 1 aliphatic carbocycles. The van der Waals surface area contributed by atoms with Gasteiger partial charge >= 0.3 is 0 Å². The highest BCUT2D eigenvalue weighted by Gasteiger charge is 2.25. The third-order valence-electron chi connectivity index (χ3n) is 3.50. The molecule has 5 nitrogen and oxygen atoms in total. The van der Waals surface area contributed by atoms with Crippen molar-refractivity contribution >= 4 is 11.8 Å². The van der Waals surface area contributed by atoms with Crippen molar-refractivity contribution < 1.29 is 4.74 Å². The first kappa shape index (κ1) is 13.9. The van der Waals surface area contributed by atoms with Gasteiger partial charge in [0, 0.05) is 12.6 Å². The highest BCUT2D eigenvalue weighted by molar-refractivity contribution is 5.42. The van der Waals surface area contributed by atoms with Gasteiger partial charge in [-0.05, 0) is 38.0 Å². The lowest BCUT2D eigenvalue weighted by Gasteiger charge is -2.31. The van der Waals surface area contributed by atoms with Gasteiger partial charge in [-0.1, -0.05) is 13.8 Å². The van der Waals surface area contributed by atoms with E-state index in [2.05, 4.69) is 29.1 Å². The summed E-state index contributed by atoms with van der Waals surface area (Å²) in [6.07, 6.45) is 3.70. The molecule has 1 aromatic rings. The average Bonchev–Trinajstić information content (AvgIpc) is 2.26. The van der Waals surface area contributed by atoms with E-state index in [-0.39, 0.29) is 12.1 Å². The molecule has 0 bridgehead atoms. The van der Waals surface area contributed by atoms with Crippen LogP contribution in [0.3, 0.4) is 0 Å². The van der Waals surface area contributed by atoms with E-state index in [1.807, 2.05) is 13.0 Å². The average molecular weight is 264 g/mol. The second-order valence-corrected chi connectivity index (χ2v) is 5.64. The molecule has 0 amide bonds. The molecule has 0 saturated heterocycles. The van der Waals surface area contributed by atoms with Crippen LogP contribution in [0.1, 0.15) is 40.0 Å². The summed E-state index contributed by atoms with van der Waals surface area (Å²) in [7, 11) is 0. The molecule has 3 N–H and O–H groups in total. The fourth-order valence-corrected chi connectivity index (χ4v) is 2.91. The maximum absolute atomic E-state index is 5.99.